The van der Waals surface area contributed by atoms with E-state index < -0.39 is 14.4 Å². The number of carbonyl (C=O) groups is 1. The van der Waals surface area contributed by atoms with E-state index in [2.05, 4.69) is 6.58 Å². The molecule has 136 valence electrons. The first kappa shape index (κ1) is 22.3. The van der Waals surface area contributed by atoms with Crippen LogP contribution in [0.4, 0.5) is 0 Å². The highest BCUT2D eigenvalue weighted by Crippen LogP contribution is 2.26. The van der Waals surface area contributed by atoms with Crippen LogP contribution in [0.1, 0.15) is 61.3 Å². The molecule has 0 heterocycles. The van der Waals surface area contributed by atoms with Gasteiger partial charge in [0.2, 0.25) is 0 Å². The summed E-state index contributed by atoms with van der Waals surface area (Å²) in [6, 6.07) is 0. The third-order valence-electron chi connectivity index (χ3n) is 2.87. The average molecular weight is 347 g/mol. The van der Waals surface area contributed by atoms with E-state index in [1.165, 1.54) is 0 Å². The van der Waals surface area contributed by atoms with Crippen molar-refractivity contribution >= 4 is 14.8 Å². The minimum Gasteiger partial charge on any atom is -0.462 e. The summed E-state index contributed by atoms with van der Waals surface area (Å²) < 4.78 is 23.3. The Labute approximate surface area is 142 Å². The Morgan fingerprint density at radius 2 is 1.61 bits per heavy atom. The molecule has 0 atom stereocenters. The summed E-state index contributed by atoms with van der Waals surface area (Å²) in [5, 5.41) is 0. The van der Waals surface area contributed by atoms with E-state index in [-0.39, 0.29) is 18.2 Å². The zero-order valence-corrected chi connectivity index (χ0v) is 17.0. The van der Waals surface area contributed by atoms with Gasteiger partial charge in [0.05, 0.1) is 12.2 Å². The molecule has 0 fully saturated rings. The average Bonchev–Trinajstić information content (AvgIpc) is 2.30. The molecule has 0 N–H and O–H groups in total. The maximum absolute atomic E-state index is 11.4. The fourth-order valence-corrected chi connectivity index (χ4v) is 5.24. The molecule has 0 aliphatic heterocycles. The van der Waals surface area contributed by atoms with Gasteiger partial charge in [-0.25, -0.2) is 4.79 Å². The highest BCUT2D eigenvalue weighted by Gasteiger charge is 2.42. The maximum atomic E-state index is 11.4. The lowest BCUT2D eigenvalue weighted by Crippen LogP contribution is -2.51. The van der Waals surface area contributed by atoms with E-state index >= 15 is 0 Å². The van der Waals surface area contributed by atoms with Gasteiger partial charge in [-0.1, -0.05) is 6.58 Å². The fraction of sp³-hybridized carbons (Fsp3) is 0.824. The Morgan fingerprint density at radius 1 is 1.13 bits per heavy atom. The van der Waals surface area contributed by atoms with Crippen LogP contribution < -0.4 is 0 Å². The van der Waals surface area contributed by atoms with Gasteiger partial charge in [0.25, 0.3) is 0 Å². The molecule has 0 rings (SSSR count). The summed E-state index contributed by atoms with van der Waals surface area (Å²) >= 11 is 0. The van der Waals surface area contributed by atoms with Gasteiger partial charge >= 0.3 is 14.8 Å². The number of hydrogen-bond acceptors (Lipinski definition) is 5. The molecule has 0 aliphatic carbocycles. The zero-order chi connectivity index (χ0) is 18.3. The van der Waals surface area contributed by atoms with Crippen LogP contribution in [-0.2, 0) is 22.8 Å². The minimum atomic E-state index is -2.73. The normalized spacial score (nSPS) is 12.8. The Balaban J connectivity index is 4.53. The predicted molar refractivity (Wildman–Crippen MR) is 94.2 cm³/mol. The van der Waals surface area contributed by atoms with Crippen LogP contribution in [0.15, 0.2) is 12.2 Å². The molecule has 0 radical (unpaired) electrons. The van der Waals surface area contributed by atoms with Crippen molar-refractivity contribution in [2.24, 2.45) is 0 Å². The molecule has 0 spiro atoms. The van der Waals surface area contributed by atoms with E-state index in [0.717, 1.165) is 6.42 Å². The summed E-state index contributed by atoms with van der Waals surface area (Å²) in [5.74, 6) is -0.353. The second-order valence-electron chi connectivity index (χ2n) is 7.08. The quantitative estimate of drug-likeness (QED) is 0.244. The van der Waals surface area contributed by atoms with E-state index in [0.29, 0.717) is 18.6 Å². The zero-order valence-electron chi connectivity index (χ0n) is 16.0. The topological polar surface area (TPSA) is 54.0 Å². The smallest absolute Gasteiger partial charge is 0.462 e. The maximum Gasteiger partial charge on any atom is 0.498 e. The lowest BCUT2D eigenvalue weighted by atomic mass is 10.0. The van der Waals surface area contributed by atoms with Gasteiger partial charge in [-0.2, -0.15) is 0 Å². The third kappa shape index (κ3) is 10.7. The first-order valence-corrected chi connectivity index (χ1v) is 10.5. The molecule has 0 saturated heterocycles. The molecule has 0 bridgehead atoms. The number of esters is 1. The van der Waals surface area contributed by atoms with Crippen LogP contribution in [0.2, 0.25) is 6.55 Å². The second kappa shape index (κ2) is 9.57. The van der Waals surface area contributed by atoms with Crippen LogP contribution in [0.3, 0.4) is 0 Å². The van der Waals surface area contributed by atoms with Crippen LogP contribution in [0.25, 0.3) is 0 Å². The molecule has 5 nitrogen and oxygen atoms in total. The molecular formula is C17H34O5Si. The lowest BCUT2D eigenvalue weighted by Gasteiger charge is -2.37. The van der Waals surface area contributed by atoms with Crippen molar-refractivity contribution in [3.05, 3.63) is 12.2 Å². The van der Waals surface area contributed by atoms with E-state index in [4.69, 9.17) is 18.0 Å². The molecule has 23 heavy (non-hydrogen) atoms. The third-order valence-corrected chi connectivity index (χ3v) is 5.59. The highest BCUT2D eigenvalue weighted by molar-refractivity contribution is 6.59. The van der Waals surface area contributed by atoms with Crippen molar-refractivity contribution in [3.8, 4) is 0 Å². The molecule has 0 saturated carbocycles. The van der Waals surface area contributed by atoms with Crippen LogP contribution >= 0.6 is 0 Å². The van der Waals surface area contributed by atoms with E-state index in [1.54, 1.807) is 6.92 Å². The summed E-state index contributed by atoms with van der Waals surface area (Å²) in [7, 11) is -2.73. The second-order valence-corrected chi connectivity index (χ2v) is 9.48. The Kier molecular flexibility index (Phi) is 9.28. The lowest BCUT2D eigenvalue weighted by molar-refractivity contribution is -0.139. The van der Waals surface area contributed by atoms with Gasteiger partial charge in [-0.3, -0.25) is 0 Å². The molecule has 0 unspecified atom stereocenters. The predicted octanol–water partition coefficient (Wildman–Crippen LogP) is 4.10. The molecular weight excluding hydrogens is 312 g/mol. The molecule has 0 aromatic carbocycles. The van der Waals surface area contributed by atoms with Gasteiger partial charge in [0, 0.05) is 24.3 Å². The first-order valence-electron chi connectivity index (χ1n) is 8.25. The number of rotatable bonds is 11. The summed E-state index contributed by atoms with van der Waals surface area (Å²) in [4.78, 5) is 11.4. The van der Waals surface area contributed by atoms with Crippen molar-refractivity contribution in [1.82, 2.24) is 0 Å². The van der Waals surface area contributed by atoms with Gasteiger partial charge in [-0.05, 0) is 61.3 Å². The van der Waals surface area contributed by atoms with Crippen molar-refractivity contribution in [2.75, 3.05) is 6.61 Å². The van der Waals surface area contributed by atoms with Crippen molar-refractivity contribution < 1.29 is 22.8 Å². The summed E-state index contributed by atoms with van der Waals surface area (Å²) in [6.07, 6.45) is 1.53. The van der Waals surface area contributed by atoms with Gasteiger partial charge in [0.15, 0.2) is 0 Å². The van der Waals surface area contributed by atoms with Gasteiger partial charge in [0.1, 0.15) is 0 Å². The van der Waals surface area contributed by atoms with Gasteiger partial charge < -0.3 is 18.0 Å². The Hall–Kier alpha value is -0.693. The summed E-state index contributed by atoms with van der Waals surface area (Å²) in [5.41, 5.74) is -0.00318. The minimum absolute atomic E-state index is 0.0396. The first-order chi connectivity index (χ1) is 10.4. The fourth-order valence-electron chi connectivity index (χ4n) is 2.27. The number of hydrogen-bond donors (Lipinski definition) is 0. The molecule has 0 aromatic heterocycles. The highest BCUT2D eigenvalue weighted by atomic mass is 28.4. The molecule has 6 heteroatoms. The van der Waals surface area contributed by atoms with Crippen molar-refractivity contribution in [1.29, 1.82) is 0 Å². The van der Waals surface area contributed by atoms with Crippen LogP contribution in [0.5, 0.6) is 0 Å². The standard InChI is InChI=1S/C17H34O5Si/c1-13(2)16(18)19-12-10-11-17(7,8)22-23(9,20-14(3)4)21-15(5)6/h14-15H,1,10-12H2,2-9H3. The molecule has 0 amide bonds. The summed E-state index contributed by atoms with van der Waals surface area (Å²) in [6.45, 7) is 19.4. The van der Waals surface area contributed by atoms with Crippen molar-refractivity contribution in [2.45, 2.75) is 85.7 Å². The van der Waals surface area contributed by atoms with Crippen LogP contribution in [0, 0.1) is 0 Å². The number of ether oxygens (including phenoxy) is 1. The largest absolute Gasteiger partial charge is 0.498 e. The molecule has 0 aromatic rings. The molecule has 0 aliphatic rings. The Bertz CT molecular complexity index is 380. The van der Waals surface area contributed by atoms with Gasteiger partial charge in [-0.15, -0.1) is 0 Å². The van der Waals surface area contributed by atoms with E-state index in [1.807, 2.05) is 48.1 Å². The van der Waals surface area contributed by atoms with E-state index in [9.17, 15) is 4.79 Å². The SMILES string of the molecule is C=C(C)C(=O)OCCCC(C)(C)O[Si](C)(OC(C)C)OC(C)C. The van der Waals surface area contributed by atoms with Crippen molar-refractivity contribution in [3.63, 3.8) is 0 Å². The monoisotopic (exact) mass is 346 g/mol. The number of carbonyl (C=O) groups excluding carboxylic acids is 1. The Morgan fingerprint density at radius 3 is 2.00 bits per heavy atom. The van der Waals surface area contributed by atoms with Crippen LogP contribution in [-0.4, -0.2) is 39.2 Å².